The first-order valence-electron chi connectivity index (χ1n) is 8.97. The monoisotopic (exact) mass is 341 g/mol. The summed E-state index contributed by atoms with van der Waals surface area (Å²) in [5.74, 6) is -0.269. The van der Waals surface area contributed by atoms with E-state index in [1.807, 2.05) is 16.7 Å². The number of nitrogens with one attached hydrogen (secondary N) is 1. The Morgan fingerprint density at radius 2 is 2.04 bits per heavy atom. The Kier molecular flexibility index (Phi) is 4.55. The van der Waals surface area contributed by atoms with E-state index in [-0.39, 0.29) is 16.9 Å². The second-order valence-corrected chi connectivity index (χ2v) is 6.69. The van der Waals surface area contributed by atoms with Crippen LogP contribution in [0.2, 0.25) is 0 Å². The van der Waals surface area contributed by atoms with Gasteiger partial charge >= 0.3 is 0 Å². The largest absolute Gasteiger partial charge is 0.379 e. The highest BCUT2D eigenvalue weighted by atomic mass is 16.5. The molecule has 2 aromatic rings. The van der Waals surface area contributed by atoms with Gasteiger partial charge in [0.25, 0.3) is 5.91 Å². The average Bonchev–Trinajstić information content (AvgIpc) is 3.06. The Hall–Kier alpha value is -2.18. The first-order valence-corrected chi connectivity index (χ1v) is 8.97. The zero-order valence-corrected chi connectivity index (χ0v) is 14.3. The molecule has 0 bridgehead atoms. The van der Waals surface area contributed by atoms with E-state index in [0.717, 1.165) is 57.8 Å². The molecule has 0 aliphatic carbocycles. The summed E-state index contributed by atoms with van der Waals surface area (Å²) in [5, 5.41) is 3.55. The summed E-state index contributed by atoms with van der Waals surface area (Å²) >= 11 is 0. The van der Waals surface area contributed by atoms with Crippen molar-refractivity contribution in [1.82, 2.24) is 14.8 Å². The van der Waals surface area contributed by atoms with E-state index in [9.17, 15) is 9.59 Å². The number of aryl methyl sites for hydroxylation is 2. The fourth-order valence-electron chi connectivity index (χ4n) is 3.74. The third kappa shape index (κ3) is 3.19. The van der Waals surface area contributed by atoms with Crippen LogP contribution in [0.4, 0.5) is 0 Å². The van der Waals surface area contributed by atoms with Gasteiger partial charge in [0.15, 0.2) is 0 Å². The molecule has 132 valence electrons. The summed E-state index contributed by atoms with van der Waals surface area (Å²) in [5.41, 5.74) is 2.25. The zero-order chi connectivity index (χ0) is 17.2. The Bertz CT molecular complexity index is 853. The minimum Gasteiger partial charge on any atom is -0.379 e. The number of carbonyl (C=O) groups is 1. The molecule has 1 saturated heterocycles. The van der Waals surface area contributed by atoms with Crippen LogP contribution >= 0.6 is 0 Å². The Morgan fingerprint density at radius 1 is 1.20 bits per heavy atom. The molecule has 2 aliphatic heterocycles. The number of benzene rings is 1. The van der Waals surface area contributed by atoms with Crippen LogP contribution < -0.4 is 10.7 Å². The summed E-state index contributed by atoms with van der Waals surface area (Å²) in [6.45, 7) is 5.81. The van der Waals surface area contributed by atoms with Crippen LogP contribution in [-0.2, 0) is 17.7 Å². The number of nitrogens with zero attached hydrogens (tertiary/aromatic N) is 2. The molecule has 1 aromatic heterocycles. The van der Waals surface area contributed by atoms with Crippen LogP contribution in [-0.4, -0.2) is 54.8 Å². The lowest BCUT2D eigenvalue weighted by Crippen LogP contribution is -2.38. The molecule has 0 unspecified atom stereocenters. The number of para-hydroxylation sites is 1. The number of aromatic nitrogens is 1. The second kappa shape index (κ2) is 6.98. The number of amides is 1. The molecular formula is C19H23N3O3. The van der Waals surface area contributed by atoms with Crippen molar-refractivity contribution in [2.24, 2.45) is 0 Å². The van der Waals surface area contributed by atoms with Gasteiger partial charge in [0.2, 0.25) is 5.43 Å². The topological polar surface area (TPSA) is 63.6 Å². The summed E-state index contributed by atoms with van der Waals surface area (Å²) in [6, 6.07) is 5.77. The van der Waals surface area contributed by atoms with Crippen molar-refractivity contribution in [1.29, 1.82) is 0 Å². The first kappa shape index (κ1) is 16.3. The van der Waals surface area contributed by atoms with Crippen LogP contribution in [0.25, 0.3) is 10.9 Å². The summed E-state index contributed by atoms with van der Waals surface area (Å²) in [4.78, 5) is 27.5. The standard InChI is InChI=1S/C19H23N3O3/c23-18-15-4-1-3-14-5-8-22(17(14)15)13-16(18)19(24)20-6-2-7-21-9-11-25-12-10-21/h1,3-4,13H,2,5-12H2,(H,20,24). The van der Waals surface area contributed by atoms with Crippen molar-refractivity contribution < 1.29 is 9.53 Å². The van der Waals surface area contributed by atoms with Crippen LogP contribution in [0.3, 0.4) is 0 Å². The van der Waals surface area contributed by atoms with Gasteiger partial charge in [-0.15, -0.1) is 0 Å². The Labute approximate surface area is 146 Å². The van der Waals surface area contributed by atoms with Crippen molar-refractivity contribution in [3.8, 4) is 0 Å². The van der Waals surface area contributed by atoms with Crippen molar-refractivity contribution in [2.75, 3.05) is 39.4 Å². The predicted octanol–water partition coefficient (Wildman–Crippen LogP) is 1.01. The maximum absolute atomic E-state index is 12.7. The molecule has 0 radical (unpaired) electrons. The molecule has 6 nitrogen and oxygen atoms in total. The van der Waals surface area contributed by atoms with Crippen LogP contribution in [0, 0.1) is 0 Å². The molecule has 3 heterocycles. The van der Waals surface area contributed by atoms with Gasteiger partial charge in [-0.25, -0.2) is 0 Å². The molecule has 25 heavy (non-hydrogen) atoms. The summed E-state index contributed by atoms with van der Waals surface area (Å²) < 4.78 is 7.36. The third-order valence-electron chi connectivity index (χ3n) is 5.09. The number of carbonyl (C=O) groups excluding carboxylic acids is 1. The molecule has 6 heteroatoms. The normalized spacial score (nSPS) is 17.1. The molecule has 1 N–H and O–H groups in total. The number of rotatable bonds is 5. The molecule has 0 atom stereocenters. The van der Waals surface area contributed by atoms with Crippen molar-refractivity contribution in [3.05, 3.63) is 45.7 Å². The van der Waals surface area contributed by atoms with Gasteiger partial charge < -0.3 is 14.6 Å². The molecule has 0 saturated carbocycles. The van der Waals surface area contributed by atoms with E-state index >= 15 is 0 Å². The SMILES string of the molecule is O=C(NCCCN1CCOCC1)c1cn2c3c(cccc3c1=O)CC2. The van der Waals surface area contributed by atoms with E-state index in [4.69, 9.17) is 4.74 Å². The van der Waals surface area contributed by atoms with Gasteiger partial charge in [-0.2, -0.15) is 0 Å². The molecule has 1 aromatic carbocycles. The van der Waals surface area contributed by atoms with E-state index in [1.165, 1.54) is 5.56 Å². The number of morpholine rings is 1. The fraction of sp³-hybridized carbons (Fsp3) is 0.474. The maximum Gasteiger partial charge on any atom is 0.256 e. The molecule has 0 spiro atoms. The predicted molar refractivity (Wildman–Crippen MR) is 96.1 cm³/mol. The van der Waals surface area contributed by atoms with Crippen molar-refractivity contribution >= 4 is 16.8 Å². The minimum absolute atomic E-state index is 0.166. The number of hydrogen-bond acceptors (Lipinski definition) is 4. The van der Waals surface area contributed by atoms with Crippen LogP contribution in [0.15, 0.2) is 29.2 Å². The third-order valence-corrected chi connectivity index (χ3v) is 5.09. The van der Waals surface area contributed by atoms with Gasteiger partial charge in [-0.3, -0.25) is 14.5 Å². The lowest BCUT2D eigenvalue weighted by Gasteiger charge is -2.26. The molecule has 1 fully saturated rings. The van der Waals surface area contributed by atoms with Gasteiger partial charge in [-0.1, -0.05) is 12.1 Å². The van der Waals surface area contributed by atoms with E-state index in [1.54, 1.807) is 6.20 Å². The highest BCUT2D eigenvalue weighted by Gasteiger charge is 2.20. The number of ether oxygens (including phenoxy) is 1. The van der Waals surface area contributed by atoms with Crippen LogP contribution in [0.5, 0.6) is 0 Å². The first-order chi connectivity index (χ1) is 12.2. The molecular weight excluding hydrogens is 318 g/mol. The summed E-state index contributed by atoms with van der Waals surface area (Å²) in [6.07, 6.45) is 3.51. The van der Waals surface area contributed by atoms with Gasteiger partial charge in [-0.05, 0) is 31.0 Å². The Morgan fingerprint density at radius 3 is 2.88 bits per heavy atom. The molecule has 4 rings (SSSR count). The lowest BCUT2D eigenvalue weighted by atomic mass is 10.1. The van der Waals surface area contributed by atoms with Crippen molar-refractivity contribution in [3.63, 3.8) is 0 Å². The van der Waals surface area contributed by atoms with E-state index in [2.05, 4.69) is 16.3 Å². The smallest absolute Gasteiger partial charge is 0.256 e. The fourth-order valence-corrected chi connectivity index (χ4v) is 3.74. The quantitative estimate of drug-likeness (QED) is 0.825. The van der Waals surface area contributed by atoms with E-state index < -0.39 is 0 Å². The highest BCUT2D eigenvalue weighted by molar-refractivity contribution is 5.98. The highest BCUT2D eigenvalue weighted by Crippen LogP contribution is 2.23. The number of hydrogen-bond donors (Lipinski definition) is 1. The van der Waals surface area contributed by atoms with Gasteiger partial charge in [0.1, 0.15) is 5.56 Å². The van der Waals surface area contributed by atoms with Crippen LogP contribution in [0.1, 0.15) is 22.3 Å². The zero-order valence-electron chi connectivity index (χ0n) is 14.3. The van der Waals surface area contributed by atoms with E-state index in [0.29, 0.717) is 11.9 Å². The average molecular weight is 341 g/mol. The maximum atomic E-state index is 12.7. The summed E-state index contributed by atoms with van der Waals surface area (Å²) in [7, 11) is 0. The number of pyridine rings is 1. The molecule has 1 amide bonds. The second-order valence-electron chi connectivity index (χ2n) is 6.69. The minimum atomic E-state index is -0.269. The van der Waals surface area contributed by atoms with Gasteiger partial charge in [0.05, 0.1) is 18.7 Å². The lowest BCUT2D eigenvalue weighted by molar-refractivity contribution is 0.0374. The Balaban J connectivity index is 1.43. The van der Waals surface area contributed by atoms with Gasteiger partial charge in [0, 0.05) is 37.8 Å². The molecule has 2 aliphatic rings. The van der Waals surface area contributed by atoms with Crippen molar-refractivity contribution in [2.45, 2.75) is 19.4 Å².